The fourth-order valence-corrected chi connectivity index (χ4v) is 3.61. The van der Waals surface area contributed by atoms with Crippen LogP contribution in [0.15, 0.2) is 30.1 Å². The van der Waals surface area contributed by atoms with E-state index in [0.717, 1.165) is 59.3 Å². The van der Waals surface area contributed by atoms with Crippen LogP contribution in [0.3, 0.4) is 0 Å². The molecule has 0 unspecified atom stereocenters. The van der Waals surface area contributed by atoms with Crippen LogP contribution >= 0.6 is 0 Å². The number of rotatable bonds is 9. The largest absolute Gasteiger partial charge is 0.496 e. The normalized spacial score (nSPS) is 11.5. The minimum Gasteiger partial charge on any atom is -0.496 e. The van der Waals surface area contributed by atoms with E-state index < -0.39 is 5.97 Å². The van der Waals surface area contributed by atoms with Gasteiger partial charge >= 0.3 is 5.97 Å². The fourth-order valence-electron chi connectivity index (χ4n) is 3.61. The molecule has 1 N–H and O–H groups in total. The van der Waals surface area contributed by atoms with Gasteiger partial charge in [-0.2, -0.15) is 0 Å². The van der Waals surface area contributed by atoms with Crippen LogP contribution < -0.4 is 4.74 Å². The Kier molecular flexibility index (Phi) is 7.80. The summed E-state index contributed by atoms with van der Waals surface area (Å²) in [4.78, 5) is 15.9. The van der Waals surface area contributed by atoms with Crippen molar-refractivity contribution in [2.75, 3.05) is 7.11 Å². The van der Waals surface area contributed by atoms with E-state index in [9.17, 15) is 9.90 Å². The maximum absolute atomic E-state index is 11.8. The van der Waals surface area contributed by atoms with Crippen molar-refractivity contribution in [3.63, 3.8) is 0 Å². The second-order valence-electron chi connectivity index (χ2n) is 7.34. The van der Waals surface area contributed by atoms with Crippen LogP contribution in [0, 0.1) is 27.7 Å². The molecule has 0 aliphatic heterocycles. The summed E-state index contributed by atoms with van der Waals surface area (Å²) in [5.41, 5.74) is 6.99. The molecule has 150 valence electrons. The number of aryl methyl sites for hydroxylation is 1. The van der Waals surface area contributed by atoms with Crippen molar-refractivity contribution in [3.8, 4) is 5.75 Å². The number of aromatic nitrogens is 1. The number of carbonyl (C=O) groups is 1. The maximum Gasteiger partial charge on any atom is 0.331 e. The Bertz CT molecular complexity index is 825. The first kappa shape index (κ1) is 21.7. The van der Waals surface area contributed by atoms with Gasteiger partial charge in [-0.25, -0.2) is 4.79 Å². The smallest absolute Gasteiger partial charge is 0.331 e. The minimum absolute atomic E-state index is 0.469. The SMILES string of the molecule is COc1c(C)c(C)c(/C=C(\CCCCCc2cccnc2)C(=O)O)c(C)c1C. The molecule has 0 saturated carbocycles. The van der Waals surface area contributed by atoms with Crippen LogP contribution in [-0.4, -0.2) is 23.2 Å². The Morgan fingerprint density at radius 1 is 1.07 bits per heavy atom. The molecule has 28 heavy (non-hydrogen) atoms. The highest BCUT2D eigenvalue weighted by Gasteiger charge is 2.16. The molecule has 1 aromatic heterocycles. The molecule has 2 rings (SSSR count). The first-order valence-corrected chi connectivity index (χ1v) is 9.83. The fraction of sp³-hybridized carbons (Fsp3) is 0.417. The predicted octanol–water partition coefficient (Wildman–Crippen LogP) is 5.59. The van der Waals surface area contributed by atoms with Gasteiger partial charge in [0, 0.05) is 18.0 Å². The number of carboxylic acids is 1. The van der Waals surface area contributed by atoms with E-state index >= 15 is 0 Å². The molecule has 0 bridgehead atoms. The summed E-state index contributed by atoms with van der Waals surface area (Å²) in [6, 6.07) is 4.03. The van der Waals surface area contributed by atoms with Gasteiger partial charge in [-0.15, -0.1) is 0 Å². The Morgan fingerprint density at radius 3 is 2.29 bits per heavy atom. The van der Waals surface area contributed by atoms with E-state index in [-0.39, 0.29) is 0 Å². The van der Waals surface area contributed by atoms with E-state index in [1.165, 1.54) is 5.56 Å². The number of nitrogens with zero attached hydrogens (tertiary/aromatic N) is 1. The molecule has 2 aromatic rings. The first-order valence-electron chi connectivity index (χ1n) is 9.83. The Balaban J connectivity index is 2.09. The van der Waals surface area contributed by atoms with Crippen molar-refractivity contribution in [1.82, 2.24) is 4.98 Å². The van der Waals surface area contributed by atoms with Gasteiger partial charge in [-0.1, -0.05) is 12.5 Å². The molecular weight excluding hydrogens is 350 g/mol. The zero-order valence-corrected chi connectivity index (χ0v) is 17.6. The summed E-state index contributed by atoms with van der Waals surface area (Å²) in [5.74, 6) is 0.0524. The third kappa shape index (κ3) is 5.22. The predicted molar refractivity (Wildman–Crippen MR) is 114 cm³/mol. The maximum atomic E-state index is 11.8. The number of methoxy groups -OCH3 is 1. The summed E-state index contributed by atoms with van der Waals surface area (Å²) in [5, 5.41) is 9.69. The van der Waals surface area contributed by atoms with Crippen molar-refractivity contribution in [2.24, 2.45) is 0 Å². The van der Waals surface area contributed by atoms with Crippen molar-refractivity contribution in [1.29, 1.82) is 0 Å². The van der Waals surface area contributed by atoms with Crippen molar-refractivity contribution < 1.29 is 14.6 Å². The monoisotopic (exact) mass is 381 g/mol. The van der Waals surface area contributed by atoms with Crippen LogP contribution in [0.1, 0.15) is 59.1 Å². The summed E-state index contributed by atoms with van der Waals surface area (Å²) in [7, 11) is 1.68. The van der Waals surface area contributed by atoms with E-state index in [4.69, 9.17) is 4.74 Å². The third-order valence-corrected chi connectivity index (χ3v) is 5.55. The molecular formula is C24H31NO3. The van der Waals surface area contributed by atoms with Crippen LogP contribution in [0.4, 0.5) is 0 Å². The van der Waals surface area contributed by atoms with Crippen LogP contribution in [0.2, 0.25) is 0 Å². The zero-order valence-electron chi connectivity index (χ0n) is 17.6. The molecule has 1 aromatic carbocycles. The molecule has 0 amide bonds. The lowest BCUT2D eigenvalue weighted by Crippen LogP contribution is -2.04. The number of unbranched alkanes of at least 4 members (excludes halogenated alkanes) is 2. The van der Waals surface area contributed by atoms with Crippen LogP contribution in [0.25, 0.3) is 6.08 Å². The summed E-state index contributed by atoms with van der Waals surface area (Å²) < 4.78 is 5.53. The second kappa shape index (κ2) is 10.1. The lowest BCUT2D eigenvalue weighted by molar-refractivity contribution is -0.132. The van der Waals surface area contributed by atoms with Gasteiger partial charge in [0.15, 0.2) is 0 Å². The number of aliphatic carboxylic acids is 1. The number of benzene rings is 1. The Labute approximate surface area is 168 Å². The Morgan fingerprint density at radius 2 is 1.75 bits per heavy atom. The number of ether oxygens (including phenoxy) is 1. The van der Waals surface area contributed by atoms with Gasteiger partial charge in [-0.3, -0.25) is 4.98 Å². The highest BCUT2D eigenvalue weighted by Crippen LogP contribution is 2.34. The minimum atomic E-state index is -0.836. The first-order chi connectivity index (χ1) is 13.4. The number of hydrogen-bond acceptors (Lipinski definition) is 3. The molecule has 0 aliphatic carbocycles. The summed E-state index contributed by atoms with van der Waals surface area (Å²) >= 11 is 0. The van der Waals surface area contributed by atoms with Gasteiger partial charge in [0.1, 0.15) is 5.75 Å². The highest BCUT2D eigenvalue weighted by atomic mass is 16.5. The van der Waals surface area contributed by atoms with Crippen LogP contribution in [-0.2, 0) is 11.2 Å². The van der Waals surface area contributed by atoms with Crippen molar-refractivity contribution in [2.45, 2.75) is 59.8 Å². The molecule has 0 spiro atoms. The third-order valence-electron chi connectivity index (χ3n) is 5.55. The van der Waals surface area contributed by atoms with Crippen molar-refractivity contribution in [3.05, 3.63) is 63.5 Å². The van der Waals surface area contributed by atoms with Crippen LogP contribution in [0.5, 0.6) is 5.75 Å². The molecule has 0 atom stereocenters. The number of pyridine rings is 1. The van der Waals surface area contributed by atoms with E-state index in [1.54, 1.807) is 13.3 Å². The van der Waals surface area contributed by atoms with Gasteiger partial charge in [0.2, 0.25) is 0 Å². The van der Waals surface area contributed by atoms with Gasteiger partial charge in [0.05, 0.1) is 7.11 Å². The number of carboxylic acid groups (broad SMARTS) is 1. The average Bonchev–Trinajstić information content (AvgIpc) is 2.69. The average molecular weight is 382 g/mol. The zero-order chi connectivity index (χ0) is 20.7. The molecule has 0 radical (unpaired) electrons. The summed E-state index contributed by atoms with van der Waals surface area (Å²) in [6.07, 6.45) is 9.98. The summed E-state index contributed by atoms with van der Waals surface area (Å²) in [6.45, 7) is 8.11. The molecule has 4 heteroatoms. The molecule has 0 saturated heterocycles. The highest BCUT2D eigenvalue weighted by molar-refractivity contribution is 5.93. The molecule has 0 aliphatic rings. The second-order valence-corrected chi connectivity index (χ2v) is 7.34. The van der Waals surface area contributed by atoms with E-state index in [0.29, 0.717) is 12.0 Å². The Hall–Kier alpha value is -2.62. The lowest BCUT2D eigenvalue weighted by Gasteiger charge is -2.18. The van der Waals surface area contributed by atoms with E-state index in [2.05, 4.69) is 11.1 Å². The number of hydrogen-bond donors (Lipinski definition) is 1. The molecule has 1 heterocycles. The van der Waals surface area contributed by atoms with E-state index in [1.807, 2.05) is 46.0 Å². The topological polar surface area (TPSA) is 59.4 Å². The standard InChI is InChI=1S/C24H31NO3/c1-16-18(3)23(28-5)19(4)17(2)22(16)14-21(24(26)27)12-8-6-7-10-20-11-9-13-25-15-20/h9,11,13-15H,6-8,10,12H2,1-5H3,(H,26,27)/b21-14+. The molecule has 0 fully saturated rings. The van der Waals surface area contributed by atoms with Gasteiger partial charge in [0.25, 0.3) is 0 Å². The lowest BCUT2D eigenvalue weighted by atomic mass is 9.91. The van der Waals surface area contributed by atoms with Gasteiger partial charge in [-0.05, 0) is 98.9 Å². The van der Waals surface area contributed by atoms with Gasteiger partial charge < -0.3 is 9.84 Å². The molecule has 4 nitrogen and oxygen atoms in total. The quantitative estimate of drug-likeness (QED) is 0.454. The van der Waals surface area contributed by atoms with Crippen molar-refractivity contribution >= 4 is 12.0 Å².